The van der Waals surface area contributed by atoms with E-state index < -0.39 is 31.3 Å². The molecule has 1 aromatic heterocycles. The smallest absolute Gasteiger partial charge is 0.422 e. The Morgan fingerprint density at radius 2 is 2.00 bits per heavy atom. The zero-order valence-electron chi connectivity index (χ0n) is 15.3. The molecule has 0 unspecified atom stereocenters. The number of hydrogen-bond donors (Lipinski definition) is 2. The normalized spacial score (nSPS) is 14.2. The summed E-state index contributed by atoms with van der Waals surface area (Å²) in [5.74, 6) is -0.596. The zero-order chi connectivity index (χ0) is 20.9. The summed E-state index contributed by atoms with van der Waals surface area (Å²) >= 11 is 1.35. The Labute approximate surface area is 168 Å². The van der Waals surface area contributed by atoms with Crippen molar-refractivity contribution in [3.63, 3.8) is 0 Å². The molecule has 7 nitrogen and oxygen atoms in total. The summed E-state index contributed by atoms with van der Waals surface area (Å²) in [4.78, 5) is 30.8. The van der Waals surface area contributed by atoms with E-state index in [1.165, 1.54) is 16.9 Å². The maximum atomic E-state index is 12.0. The van der Waals surface area contributed by atoms with Gasteiger partial charge in [0.15, 0.2) is 11.7 Å². The van der Waals surface area contributed by atoms with Crippen LogP contribution in [0.15, 0.2) is 30.3 Å². The van der Waals surface area contributed by atoms with E-state index in [4.69, 9.17) is 0 Å². The molecule has 1 aliphatic heterocycles. The number of amides is 2. The van der Waals surface area contributed by atoms with Crippen LogP contribution in [0.1, 0.15) is 16.1 Å². The van der Waals surface area contributed by atoms with Crippen molar-refractivity contribution < 1.29 is 27.5 Å². The Kier molecular flexibility index (Phi) is 6.70. The summed E-state index contributed by atoms with van der Waals surface area (Å²) in [6, 6.07) is 10.1. The number of benzene rings is 1. The molecule has 11 heteroatoms. The second-order valence-electron chi connectivity index (χ2n) is 6.43. The number of alkyl carbamates (subject to hydrolysis) is 1. The third-order valence-corrected chi connectivity index (χ3v) is 5.06. The van der Waals surface area contributed by atoms with E-state index >= 15 is 0 Å². The number of ether oxygens (including phenoxy) is 1. The first-order valence-corrected chi connectivity index (χ1v) is 9.62. The second kappa shape index (κ2) is 9.23. The number of anilines is 1. The monoisotopic (exact) mass is 428 g/mol. The summed E-state index contributed by atoms with van der Waals surface area (Å²) in [7, 11) is 0. The van der Waals surface area contributed by atoms with Gasteiger partial charge in [-0.2, -0.15) is 13.2 Å². The lowest BCUT2D eigenvalue weighted by molar-refractivity contribution is -0.160. The van der Waals surface area contributed by atoms with Crippen LogP contribution in [0.3, 0.4) is 0 Å². The molecule has 0 fully saturated rings. The van der Waals surface area contributed by atoms with Crippen molar-refractivity contribution in [2.24, 2.45) is 0 Å². The lowest BCUT2D eigenvalue weighted by Gasteiger charge is -2.25. The fourth-order valence-corrected chi connectivity index (χ4v) is 3.86. The second-order valence-corrected chi connectivity index (χ2v) is 7.51. The molecule has 2 amide bonds. The molecule has 1 aliphatic rings. The fraction of sp³-hybridized carbons (Fsp3) is 0.389. The van der Waals surface area contributed by atoms with Gasteiger partial charge < -0.3 is 15.4 Å². The van der Waals surface area contributed by atoms with Crippen LogP contribution in [-0.2, 0) is 29.0 Å². The molecule has 0 bridgehead atoms. The van der Waals surface area contributed by atoms with Crippen LogP contribution in [-0.4, -0.2) is 47.8 Å². The highest BCUT2D eigenvalue weighted by Crippen LogP contribution is 2.29. The first-order chi connectivity index (χ1) is 13.8. The van der Waals surface area contributed by atoms with Gasteiger partial charge in [0.1, 0.15) is 6.54 Å². The van der Waals surface area contributed by atoms with Crippen LogP contribution in [0, 0.1) is 0 Å². The molecule has 0 spiro atoms. The number of rotatable bonds is 6. The number of nitrogens with zero attached hydrogens (tertiary/aromatic N) is 2. The van der Waals surface area contributed by atoms with Crippen LogP contribution in [0.5, 0.6) is 0 Å². The number of alkyl halides is 3. The molecule has 0 saturated carbocycles. The number of thiazole rings is 1. The van der Waals surface area contributed by atoms with Crippen LogP contribution in [0.25, 0.3) is 0 Å². The third-order valence-electron chi connectivity index (χ3n) is 4.07. The van der Waals surface area contributed by atoms with Crippen molar-refractivity contribution in [3.05, 3.63) is 46.5 Å². The number of nitrogens with one attached hydrogen (secondary N) is 2. The van der Waals surface area contributed by atoms with Gasteiger partial charge in [0.25, 0.3) is 0 Å². The molecular weight excluding hydrogens is 409 g/mol. The summed E-state index contributed by atoms with van der Waals surface area (Å²) in [6.07, 6.45) is -5.17. The Morgan fingerprint density at radius 1 is 1.24 bits per heavy atom. The van der Waals surface area contributed by atoms with Gasteiger partial charge in [0, 0.05) is 30.9 Å². The Hall–Kier alpha value is -2.66. The SMILES string of the molecule is O=C(CNC(=O)OCC(F)(F)F)Nc1nc2c(s1)CN(Cc1ccccc1)CC2. The molecule has 2 heterocycles. The highest BCUT2D eigenvalue weighted by Gasteiger charge is 2.29. The molecule has 0 aliphatic carbocycles. The van der Waals surface area contributed by atoms with Crippen LogP contribution in [0.4, 0.5) is 23.1 Å². The van der Waals surface area contributed by atoms with E-state index in [0.717, 1.165) is 36.6 Å². The third kappa shape index (κ3) is 6.71. The minimum absolute atomic E-state index is 0.395. The van der Waals surface area contributed by atoms with E-state index in [9.17, 15) is 22.8 Å². The molecule has 2 N–H and O–H groups in total. The number of hydrogen-bond acceptors (Lipinski definition) is 6. The standard InChI is InChI=1S/C18H19F3N4O3S/c19-18(20,21)11-28-17(27)22-8-15(26)24-16-23-13-6-7-25(10-14(13)29-16)9-12-4-2-1-3-5-12/h1-5H,6-11H2,(H,22,27)(H,23,24,26). The molecule has 0 radical (unpaired) electrons. The highest BCUT2D eigenvalue weighted by molar-refractivity contribution is 7.15. The van der Waals surface area contributed by atoms with Crippen LogP contribution < -0.4 is 10.6 Å². The molecular formula is C18H19F3N4O3S. The van der Waals surface area contributed by atoms with Gasteiger partial charge in [-0.15, -0.1) is 11.3 Å². The highest BCUT2D eigenvalue weighted by atomic mass is 32.1. The Bertz CT molecular complexity index is 858. The van der Waals surface area contributed by atoms with Crippen LogP contribution >= 0.6 is 11.3 Å². The molecule has 156 valence electrons. The lowest BCUT2D eigenvalue weighted by Crippen LogP contribution is -2.35. The fourth-order valence-electron chi connectivity index (χ4n) is 2.79. The topological polar surface area (TPSA) is 83.6 Å². The predicted octanol–water partition coefficient (Wildman–Crippen LogP) is 2.93. The van der Waals surface area contributed by atoms with Gasteiger partial charge >= 0.3 is 12.3 Å². The van der Waals surface area contributed by atoms with E-state index in [2.05, 4.69) is 32.1 Å². The van der Waals surface area contributed by atoms with Crippen molar-refractivity contribution in [2.75, 3.05) is 25.0 Å². The van der Waals surface area contributed by atoms with Gasteiger partial charge in [0.2, 0.25) is 5.91 Å². The van der Waals surface area contributed by atoms with E-state index in [0.29, 0.717) is 5.13 Å². The average Bonchev–Trinajstić information content (AvgIpc) is 3.06. The average molecular weight is 428 g/mol. The summed E-state index contributed by atoms with van der Waals surface area (Å²) in [5, 5.41) is 4.91. The summed E-state index contributed by atoms with van der Waals surface area (Å²) in [5.41, 5.74) is 2.14. The van der Waals surface area contributed by atoms with Gasteiger partial charge in [-0.05, 0) is 5.56 Å². The number of carbonyl (C=O) groups excluding carboxylic acids is 2. The Balaban J connectivity index is 1.46. The number of halogens is 3. The van der Waals surface area contributed by atoms with Crippen LogP contribution in [0.2, 0.25) is 0 Å². The van der Waals surface area contributed by atoms with Crippen molar-refractivity contribution in [1.29, 1.82) is 0 Å². The zero-order valence-corrected chi connectivity index (χ0v) is 16.1. The Morgan fingerprint density at radius 3 is 2.72 bits per heavy atom. The van der Waals surface area contributed by atoms with Crippen molar-refractivity contribution in [1.82, 2.24) is 15.2 Å². The van der Waals surface area contributed by atoms with E-state index in [-0.39, 0.29) is 0 Å². The molecule has 0 saturated heterocycles. The predicted molar refractivity (Wildman–Crippen MR) is 100 cm³/mol. The molecule has 2 aromatic rings. The summed E-state index contributed by atoms with van der Waals surface area (Å²) in [6.45, 7) is 0.176. The largest absolute Gasteiger partial charge is 0.440 e. The molecule has 29 heavy (non-hydrogen) atoms. The first-order valence-electron chi connectivity index (χ1n) is 8.80. The number of carbonyl (C=O) groups is 2. The molecule has 1 aromatic carbocycles. The summed E-state index contributed by atoms with van der Waals surface area (Å²) < 4.78 is 39.9. The number of fused-ring (bicyclic) bond motifs is 1. The van der Waals surface area contributed by atoms with E-state index in [1.807, 2.05) is 23.5 Å². The minimum Gasteiger partial charge on any atom is -0.440 e. The van der Waals surface area contributed by atoms with Gasteiger partial charge in [0.05, 0.1) is 5.69 Å². The minimum atomic E-state index is -4.62. The van der Waals surface area contributed by atoms with Gasteiger partial charge in [-0.3, -0.25) is 9.69 Å². The number of aromatic nitrogens is 1. The quantitative estimate of drug-likeness (QED) is 0.739. The lowest BCUT2D eigenvalue weighted by atomic mass is 10.1. The van der Waals surface area contributed by atoms with E-state index in [1.54, 1.807) is 0 Å². The van der Waals surface area contributed by atoms with Gasteiger partial charge in [-0.1, -0.05) is 30.3 Å². The first kappa shape index (κ1) is 21.1. The molecule has 0 atom stereocenters. The van der Waals surface area contributed by atoms with Crippen molar-refractivity contribution >= 4 is 28.5 Å². The molecule has 3 rings (SSSR count). The maximum Gasteiger partial charge on any atom is 0.422 e. The maximum absolute atomic E-state index is 12.0. The van der Waals surface area contributed by atoms with Crippen molar-refractivity contribution in [2.45, 2.75) is 25.7 Å². The van der Waals surface area contributed by atoms with Gasteiger partial charge in [-0.25, -0.2) is 9.78 Å². The van der Waals surface area contributed by atoms with Crippen molar-refractivity contribution in [3.8, 4) is 0 Å².